The molecule has 1 unspecified atom stereocenters. The molecule has 0 bridgehead atoms. The van der Waals surface area contributed by atoms with Crippen molar-refractivity contribution in [1.82, 2.24) is 24.9 Å². The van der Waals surface area contributed by atoms with E-state index in [4.69, 9.17) is 19.2 Å². The van der Waals surface area contributed by atoms with Crippen molar-refractivity contribution in [1.29, 1.82) is 0 Å². The van der Waals surface area contributed by atoms with Gasteiger partial charge < -0.3 is 29.9 Å². The van der Waals surface area contributed by atoms with Crippen LogP contribution in [0, 0.1) is 12.7 Å². The summed E-state index contributed by atoms with van der Waals surface area (Å²) in [7, 11) is 4.60. The monoisotopic (exact) mass is 680 g/mol. The first-order valence-corrected chi connectivity index (χ1v) is 17.0. The first kappa shape index (κ1) is 34.7. The van der Waals surface area contributed by atoms with Crippen LogP contribution in [0.3, 0.4) is 0 Å². The van der Waals surface area contributed by atoms with Crippen molar-refractivity contribution in [2.75, 3.05) is 52.9 Å². The number of fused-ring (bicyclic) bond motifs is 1. The summed E-state index contributed by atoms with van der Waals surface area (Å²) >= 11 is 0. The Morgan fingerprint density at radius 2 is 1.72 bits per heavy atom. The molecule has 0 saturated carbocycles. The predicted molar refractivity (Wildman–Crippen MR) is 193 cm³/mol. The molecule has 262 valence electrons. The Labute approximate surface area is 292 Å². The lowest BCUT2D eigenvalue weighted by Gasteiger charge is -2.34. The van der Waals surface area contributed by atoms with Crippen LogP contribution in [0.1, 0.15) is 57.8 Å². The largest absolute Gasteiger partial charge is 0.493 e. The molecular formula is C39H45FN6O4. The summed E-state index contributed by atoms with van der Waals surface area (Å²) in [5, 5.41) is 3.12. The number of halogens is 1. The van der Waals surface area contributed by atoms with Crippen molar-refractivity contribution in [3.63, 3.8) is 0 Å². The standard InChI is InChI=1S/C39H45FN6O4/c1-26-33(23-35(48-2)38(50-4)37(26)49-3)39(47)42-24-30(28-8-10-31(40)11-9-28)14-19-45-20-15-32(16-21-45)44-46-25-43-36-29(6-5-7-34(36)46)22-27-12-17-41-18-13-27/h5-13,17-18,23,25,30,32,44H,14-16,19-22,24H2,1-4H3,(H,42,47). The number of aromatic nitrogens is 3. The lowest BCUT2D eigenvalue weighted by molar-refractivity contribution is 0.0948. The molecule has 5 aromatic rings. The fourth-order valence-corrected chi connectivity index (χ4v) is 6.85. The van der Waals surface area contributed by atoms with Gasteiger partial charge in [0, 0.05) is 55.1 Å². The number of amides is 1. The van der Waals surface area contributed by atoms with Crippen LogP contribution in [-0.4, -0.2) is 79.0 Å². The lowest BCUT2D eigenvalue weighted by atomic mass is 9.94. The van der Waals surface area contributed by atoms with Gasteiger partial charge in [0.2, 0.25) is 5.75 Å². The number of carbonyl (C=O) groups excluding carboxylic acids is 1. The molecule has 1 saturated heterocycles. The van der Waals surface area contributed by atoms with E-state index in [1.165, 1.54) is 44.6 Å². The quantitative estimate of drug-likeness (QED) is 0.145. The van der Waals surface area contributed by atoms with Crippen LogP contribution in [0.25, 0.3) is 11.0 Å². The molecule has 1 amide bonds. The number of nitrogens with zero attached hydrogens (tertiary/aromatic N) is 4. The zero-order valence-corrected chi connectivity index (χ0v) is 29.1. The third-order valence-corrected chi connectivity index (χ3v) is 9.68. The van der Waals surface area contributed by atoms with Crippen LogP contribution < -0.4 is 25.0 Å². The Morgan fingerprint density at radius 3 is 2.42 bits per heavy atom. The second-order valence-electron chi connectivity index (χ2n) is 12.7. The molecule has 3 heterocycles. The molecule has 11 heteroatoms. The number of imidazole rings is 1. The number of piperidine rings is 1. The minimum absolute atomic E-state index is 0.00333. The molecule has 10 nitrogen and oxygen atoms in total. The van der Waals surface area contributed by atoms with Crippen molar-refractivity contribution in [3.05, 3.63) is 113 Å². The highest BCUT2D eigenvalue weighted by Crippen LogP contribution is 2.41. The molecule has 2 N–H and O–H groups in total. The fourth-order valence-electron chi connectivity index (χ4n) is 6.85. The summed E-state index contributed by atoms with van der Waals surface area (Å²) in [5.74, 6) is 0.789. The Morgan fingerprint density at radius 1 is 0.980 bits per heavy atom. The van der Waals surface area contributed by atoms with Crippen LogP contribution in [-0.2, 0) is 6.42 Å². The summed E-state index contributed by atoms with van der Waals surface area (Å²) in [4.78, 5) is 24.9. The predicted octanol–water partition coefficient (Wildman–Crippen LogP) is 6.11. The van der Waals surface area contributed by atoms with Crippen LogP contribution in [0.4, 0.5) is 4.39 Å². The van der Waals surface area contributed by atoms with Gasteiger partial charge in [-0.15, -0.1) is 0 Å². The minimum Gasteiger partial charge on any atom is -0.493 e. The molecule has 1 fully saturated rings. The first-order chi connectivity index (χ1) is 24.4. The van der Waals surface area contributed by atoms with Crippen molar-refractivity contribution >= 4 is 16.9 Å². The maximum Gasteiger partial charge on any atom is 0.251 e. The van der Waals surface area contributed by atoms with Gasteiger partial charge in [0.05, 0.1) is 32.4 Å². The third kappa shape index (κ3) is 7.83. The van der Waals surface area contributed by atoms with E-state index in [1.807, 2.05) is 49.9 Å². The van der Waals surface area contributed by atoms with Gasteiger partial charge in [0.15, 0.2) is 11.5 Å². The topological polar surface area (TPSA) is 103 Å². The van der Waals surface area contributed by atoms with Gasteiger partial charge in [-0.3, -0.25) is 9.78 Å². The van der Waals surface area contributed by atoms with E-state index >= 15 is 0 Å². The van der Waals surface area contributed by atoms with E-state index in [0.717, 1.165) is 61.9 Å². The highest BCUT2D eigenvalue weighted by molar-refractivity contribution is 5.97. The highest BCUT2D eigenvalue weighted by atomic mass is 19.1. The number of para-hydroxylation sites is 1. The Hall–Kier alpha value is -5.16. The number of carbonyl (C=O) groups is 1. The number of benzene rings is 3. The summed E-state index contributed by atoms with van der Waals surface area (Å²) < 4.78 is 32.4. The zero-order valence-electron chi connectivity index (χ0n) is 29.1. The summed E-state index contributed by atoms with van der Waals surface area (Å²) in [6.45, 7) is 4.98. The third-order valence-electron chi connectivity index (χ3n) is 9.68. The van der Waals surface area contributed by atoms with Gasteiger partial charge in [-0.1, -0.05) is 24.3 Å². The normalized spacial score (nSPS) is 14.3. The second kappa shape index (κ2) is 16.0. The van der Waals surface area contributed by atoms with E-state index in [9.17, 15) is 9.18 Å². The van der Waals surface area contributed by atoms with Crippen LogP contribution >= 0.6 is 0 Å². The molecule has 0 radical (unpaired) electrons. The smallest absolute Gasteiger partial charge is 0.251 e. The molecule has 0 spiro atoms. The molecule has 0 aliphatic carbocycles. The number of hydrogen-bond acceptors (Lipinski definition) is 8. The van der Waals surface area contributed by atoms with Gasteiger partial charge in [0.25, 0.3) is 5.91 Å². The number of methoxy groups -OCH3 is 3. The Kier molecular flexibility index (Phi) is 11.1. The van der Waals surface area contributed by atoms with E-state index in [1.54, 1.807) is 6.07 Å². The van der Waals surface area contributed by atoms with Crippen molar-refractivity contribution in [3.8, 4) is 17.2 Å². The van der Waals surface area contributed by atoms with Gasteiger partial charge >= 0.3 is 0 Å². The lowest BCUT2D eigenvalue weighted by Crippen LogP contribution is -2.42. The minimum atomic E-state index is -0.283. The van der Waals surface area contributed by atoms with Crippen LogP contribution in [0.2, 0.25) is 0 Å². The molecule has 3 aromatic carbocycles. The molecular weight excluding hydrogens is 635 g/mol. The van der Waals surface area contributed by atoms with Crippen LogP contribution in [0.5, 0.6) is 17.2 Å². The van der Waals surface area contributed by atoms with Gasteiger partial charge in [-0.25, -0.2) is 14.1 Å². The molecule has 2 aromatic heterocycles. The fraction of sp³-hybridized carbons (Fsp3) is 0.359. The van der Waals surface area contributed by atoms with E-state index < -0.39 is 0 Å². The van der Waals surface area contributed by atoms with Crippen molar-refractivity contribution < 1.29 is 23.4 Å². The number of ether oxygens (including phenoxy) is 3. The van der Waals surface area contributed by atoms with Gasteiger partial charge in [0.1, 0.15) is 12.1 Å². The van der Waals surface area contributed by atoms with Crippen molar-refractivity contribution in [2.24, 2.45) is 0 Å². The summed E-state index contributed by atoms with van der Waals surface area (Å²) in [6, 6.07) is 19.0. The number of pyridine rings is 1. The molecule has 1 aliphatic rings. The molecule has 1 atom stereocenters. The highest BCUT2D eigenvalue weighted by Gasteiger charge is 2.24. The number of likely N-dealkylation sites (tertiary alicyclic amines) is 1. The molecule has 50 heavy (non-hydrogen) atoms. The zero-order chi connectivity index (χ0) is 35.0. The second-order valence-corrected chi connectivity index (χ2v) is 12.7. The van der Waals surface area contributed by atoms with Gasteiger partial charge in [-0.2, -0.15) is 0 Å². The van der Waals surface area contributed by atoms with Crippen molar-refractivity contribution in [2.45, 2.75) is 44.6 Å². The number of nitrogens with one attached hydrogen (secondary N) is 2. The van der Waals surface area contributed by atoms with Crippen LogP contribution in [0.15, 0.2) is 79.4 Å². The first-order valence-electron chi connectivity index (χ1n) is 17.0. The average molecular weight is 681 g/mol. The summed E-state index contributed by atoms with van der Waals surface area (Å²) in [6.07, 6.45) is 9.14. The van der Waals surface area contributed by atoms with Gasteiger partial charge in [-0.05, 0) is 92.2 Å². The Balaban J connectivity index is 1.06. The van der Waals surface area contributed by atoms with E-state index in [0.29, 0.717) is 41.0 Å². The Bertz CT molecular complexity index is 1890. The van der Waals surface area contributed by atoms with E-state index in [-0.39, 0.29) is 17.6 Å². The average Bonchev–Trinajstić information content (AvgIpc) is 3.56. The maximum absolute atomic E-state index is 13.9. The molecule has 6 rings (SSSR count). The summed E-state index contributed by atoms with van der Waals surface area (Å²) in [5.41, 5.74) is 10.3. The number of rotatable bonds is 14. The molecule has 1 aliphatic heterocycles. The van der Waals surface area contributed by atoms with E-state index in [2.05, 4.69) is 43.5 Å². The SMILES string of the molecule is COc1cc(C(=O)NCC(CCN2CCC(Nn3cnc4c(Cc5ccncc5)cccc43)CC2)c2ccc(F)cc2)c(C)c(OC)c1OC. The maximum atomic E-state index is 13.9. The number of hydrogen-bond donors (Lipinski definition) is 2.